The zero-order valence-electron chi connectivity index (χ0n) is 17.4. The second-order valence-electron chi connectivity index (χ2n) is 8.50. The van der Waals surface area contributed by atoms with Crippen LogP contribution in [-0.2, 0) is 19.6 Å². The molecule has 1 amide bonds. The number of fused-ring (bicyclic) bond motifs is 2. The highest BCUT2D eigenvalue weighted by Gasteiger charge is 2.42. The highest BCUT2D eigenvalue weighted by Crippen LogP contribution is 2.49. The summed E-state index contributed by atoms with van der Waals surface area (Å²) in [5.74, 6) is 1.05. The largest absolute Gasteiger partial charge is 0.449 e. The summed E-state index contributed by atoms with van der Waals surface area (Å²) in [7, 11) is -0.684. The van der Waals surface area contributed by atoms with Crippen molar-refractivity contribution in [1.82, 2.24) is 9.62 Å². The van der Waals surface area contributed by atoms with Crippen LogP contribution in [0.4, 0.5) is 0 Å². The molecule has 2 aliphatic carbocycles. The standard InChI is InChI=1S/C21H30N2O5S/c1-13(19-12-15-5-6-17(19)11-15)22-20(24)14(2)28-21(25)16-7-9-18(10-8-16)29(26,27)23(3)4/h7-10,13-15,17,19H,5-6,11-12H2,1-4H3,(H,22,24). The Kier molecular flexibility index (Phi) is 6.33. The van der Waals surface area contributed by atoms with E-state index >= 15 is 0 Å². The molecule has 7 nitrogen and oxygen atoms in total. The quantitative estimate of drug-likeness (QED) is 0.681. The lowest BCUT2D eigenvalue weighted by Crippen LogP contribution is -2.45. The zero-order chi connectivity index (χ0) is 21.3. The molecule has 29 heavy (non-hydrogen) atoms. The van der Waals surface area contributed by atoms with Crippen molar-refractivity contribution in [3.8, 4) is 0 Å². The van der Waals surface area contributed by atoms with E-state index in [0.29, 0.717) is 11.8 Å². The van der Waals surface area contributed by atoms with Crippen LogP contribution in [0.2, 0.25) is 0 Å². The van der Waals surface area contributed by atoms with Crippen molar-refractivity contribution >= 4 is 21.9 Å². The van der Waals surface area contributed by atoms with E-state index in [2.05, 4.69) is 5.32 Å². The van der Waals surface area contributed by atoms with Crippen LogP contribution in [0.15, 0.2) is 29.2 Å². The van der Waals surface area contributed by atoms with E-state index in [0.717, 1.165) is 10.2 Å². The number of hydrogen-bond acceptors (Lipinski definition) is 5. The molecule has 0 saturated heterocycles. The normalized spacial score (nSPS) is 25.6. The van der Waals surface area contributed by atoms with Crippen molar-refractivity contribution in [3.05, 3.63) is 29.8 Å². The maximum absolute atomic E-state index is 12.5. The maximum Gasteiger partial charge on any atom is 0.338 e. The number of esters is 1. The summed E-state index contributed by atoms with van der Waals surface area (Å²) in [4.78, 5) is 24.9. The molecule has 2 fully saturated rings. The predicted molar refractivity (Wildman–Crippen MR) is 109 cm³/mol. The Balaban J connectivity index is 1.55. The third-order valence-corrected chi connectivity index (χ3v) is 8.16. The molecule has 5 atom stereocenters. The van der Waals surface area contributed by atoms with Crippen molar-refractivity contribution in [2.75, 3.05) is 14.1 Å². The van der Waals surface area contributed by atoms with E-state index in [1.54, 1.807) is 6.92 Å². The highest BCUT2D eigenvalue weighted by atomic mass is 32.2. The summed E-state index contributed by atoms with van der Waals surface area (Å²) >= 11 is 0. The van der Waals surface area contributed by atoms with Gasteiger partial charge in [-0.25, -0.2) is 17.5 Å². The molecule has 160 valence electrons. The van der Waals surface area contributed by atoms with Gasteiger partial charge in [0.05, 0.1) is 10.5 Å². The molecular weight excluding hydrogens is 392 g/mol. The van der Waals surface area contributed by atoms with Crippen molar-refractivity contribution < 1.29 is 22.7 Å². The Morgan fingerprint density at radius 3 is 2.28 bits per heavy atom. The van der Waals surface area contributed by atoms with Crippen molar-refractivity contribution in [3.63, 3.8) is 0 Å². The van der Waals surface area contributed by atoms with Crippen LogP contribution in [0.5, 0.6) is 0 Å². The van der Waals surface area contributed by atoms with Gasteiger partial charge in [0, 0.05) is 20.1 Å². The van der Waals surface area contributed by atoms with Gasteiger partial charge in [0.1, 0.15) is 0 Å². The van der Waals surface area contributed by atoms with Gasteiger partial charge in [-0.1, -0.05) is 6.42 Å². The highest BCUT2D eigenvalue weighted by molar-refractivity contribution is 7.89. The van der Waals surface area contributed by atoms with Gasteiger partial charge in [-0.05, 0) is 75.1 Å². The minimum absolute atomic E-state index is 0.0643. The molecule has 0 heterocycles. The van der Waals surface area contributed by atoms with Crippen LogP contribution >= 0.6 is 0 Å². The van der Waals surface area contributed by atoms with Gasteiger partial charge in [-0.15, -0.1) is 0 Å². The molecule has 1 aromatic rings. The first-order valence-corrected chi connectivity index (χ1v) is 11.6. The Morgan fingerprint density at radius 2 is 1.76 bits per heavy atom. The lowest BCUT2D eigenvalue weighted by Gasteiger charge is -2.29. The average Bonchev–Trinajstić information content (AvgIpc) is 3.31. The Bertz CT molecular complexity index is 866. The summed E-state index contributed by atoms with van der Waals surface area (Å²) in [6.45, 7) is 3.58. The van der Waals surface area contributed by atoms with Gasteiger partial charge >= 0.3 is 5.97 Å². The summed E-state index contributed by atoms with van der Waals surface area (Å²) in [6.07, 6.45) is 4.08. The number of amides is 1. The van der Waals surface area contributed by atoms with E-state index in [1.165, 1.54) is 64.0 Å². The number of benzene rings is 1. The van der Waals surface area contributed by atoms with Crippen molar-refractivity contribution in [1.29, 1.82) is 0 Å². The first-order chi connectivity index (χ1) is 13.6. The first kappa shape index (κ1) is 21.8. The fourth-order valence-corrected chi connectivity index (χ4v) is 5.51. The molecule has 0 aromatic heterocycles. The maximum atomic E-state index is 12.5. The van der Waals surface area contributed by atoms with E-state index in [4.69, 9.17) is 4.74 Å². The van der Waals surface area contributed by atoms with Gasteiger partial charge < -0.3 is 10.1 Å². The molecule has 2 bridgehead atoms. The van der Waals surface area contributed by atoms with Gasteiger partial charge in [-0.3, -0.25) is 4.79 Å². The van der Waals surface area contributed by atoms with Crippen LogP contribution in [-0.4, -0.2) is 50.8 Å². The number of rotatable bonds is 7. The Labute approximate surface area is 172 Å². The molecule has 5 unspecified atom stereocenters. The number of sulfonamides is 1. The molecule has 1 aromatic carbocycles. The first-order valence-electron chi connectivity index (χ1n) is 10.1. The molecular formula is C21H30N2O5S. The lowest BCUT2D eigenvalue weighted by molar-refractivity contribution is -0.130. The van der Waals surface area contributed by atoms with Gasteiger partial charge in [0.25, 0.3) is 5.91 Å². The number of carbonyl (C=O) groups excluding carboxylic acids is 2. The van der Waals surface area contributed by atoms with Gasteiger partial charge in [0.15, 0.2) is 6.10 Å². The lowest BCUT2D eigenvalue weighted by atomic mass is 9.84. The molecule has 2 saturated carbocycles. The van der Waals surface area contributed by atoms with Crippen LogP contribution in [0, 0.1) is 17.8 Å². The van der Waals surface area contributed by atoms with Gasteiger partial charge in [0.2, 0.25) is 10.0 Å². The van der Waals surface area contributed by atoms with Crippen LogP contribution in [0.25, 0.3) is 0 Å². The molecule has 3 rings (SSSR count). The topological polar surface area (TPSA) is 92.8 Å². The van der Waals surface area contributed by atoms with Crippen molar-refractivity contribution in [2.45, 2.75) is 56.6 Å². The summed E-state index contributed by atoms with van der Waals surface area (Å²) in [5.41, 5.74) is 0.198. The van der Waals surface area contributed by atoms with Crippen LogP contribution in [0.1, 0.15) is 49.9 Å². The number of carbonyl (C=O) groups is 2. The minimum atomic E-state index is -3.56. The second-order valence-corrected chi connectivity index (χ2v) is 10.6. The molecule has 8 heteroatoms. The molecule has 0 aliphatic heterocycles. The third kappa shape index (κ3) is 4.64. The Hall–Kier alpha value is -1.93. The second kappa shape index (κ2) is 8.44. The fraction of sp³-hybridized carbons (Fsp3) is 0.619. The fourth-order valence-electron chi connectivity index (χ4n) is 4.61. The number of nitrogens with zero attached hydrogens (tertiary/aromatic N) is 1. The van der Waals surface area contributed by atoms with Crippen LogP contribution in [0.3, 0.4) is 0 Å². The Morgan fingerprint density at radius 1 is 1.10 bits per heavy atom. The molecule has 0 spiro atoms. The van der Waals surface area contributed by atoms with E-state index in [9.17, 15) is 18.0 Å². The number of hydrogen-bond donors (Lipinski definition) is 1. The van der Waals surface area contributed by atoms with E-state index < -0.39 is 22.1 Å². The van der Waals surface area contributed by atoms with Crippen LogP contribution < -0.4 is 5.32 Å². The van der Waals surface area contributed by atoms with Crippen molar-refractivity contribution in [2.24, 2.45) is 17.8 Å². The summed E-state index contributed by atoms with van der Waals surface area (Å²) < 4.78 is 30.6. The minimum Gasteiger partial charge on any atom is -0.449 e. The zero-order valence-corrected chi connectivity index (χ0v) is 18.2. The molecule has 0 radical (unpaired) electrons. The SMILES string of the molecule is CC(OC(=O)c1ccc(S(=O)(=O)N(C)C)cc1)C(=O)NC(C)C1CC2CCC1C2. The number of nitrogens with one attached hydrogen (secondary N) is 1. The monoisotopic (exact) mass is 422 g/mol. The number of ether oxygens (including phenoxy) is 1. The van der Waals surface area contributed by atoms with E-state index in [1.807, 2.05) is 6.92 Å². The predicted octanol–water partition coefficient (Wildman–Crippen LogP) is 2.42. The summed E-state index contributed by atoms with van der Waals surface area (Å²) in [6, 6.07) is 5.55. The molecule has 2 aliphatic rings. The van der Waals surface area contributed by atoms with Gasteiger partial charge in [-0.2, -0.15) is 0 Å². The summed E-state index contributed by atoms with van der Waals surface area (Å²) in [5, 5.41) is 3.00. The smallest absolute Gasteiger partial charge is 0.338 e. The van der Waals surface area contributed by atoms with E-state index in [-0.39, 0.29) is 22.4 Å². The molecule has 1 N–H and O–H groups in total. The third-order valence-electron chi connectivity index (χ3n) is 6.33. The average molecular weight is 423 g/mol.